The van der Waals surface area contributed by atoms with E-state index in [1.807, 2.05) is 12.1 Å². The minimum atomic E-state index is 0.433. The van der Waals surface area contributed by atoms with Gasteiger partial charge in [0.1, 0.15) is 10.7 Å². The van der Waals surface area contributed by atoms with Crippen molar-refractivity contribution in [2.75, 3.05) is 6.54 Å². The molecule has 17 heavy (non-hydrogen) atoms. The summed E-state index contributed by atoms with van der Waals surface area (Å²) in [7, 11) is 0. The van der Waals surface area contributed by atoms with Crippen molar-refractivity contribution in [1.82, 2.24) is 15.3 Å². The van der Waals surface area contributed by atoms with E-state index in [1.54, 1.807) is 17.5 Å². The van der Waals surface area contributed by atoms with Crippen LogP contribution < -0.4 is 5.32 Å². The molecule has 0 amide bonds. The highest BCUT2D eigenvalue weighted by Crippen LogP contribution is 2.31. The lowest BCUT2D eigenvalue weighted by Gasteiger charge is -2.05. The zero-order valence-electron chi connectivity index (χ0n) is 9.19. The maximum Gasteiger partial charge on any atom is 0.143 e. The summed E-state index contributed by atoms with van der Waals surface area (Å²) < 4.78 is 1.00. The predicted molar refractivity (Wildman–Crippen MR) is 73.0 cm³/mol. The summed E-state index contributed by atoms with van der Waals surface area (Å²) in [4.78, 5) is 9.06. The molecule has 0 radical (unpaired) electrons. The quantitative estimate of drug-likeness (QED) is 0.924. The van der Waals surface area contributed by atoms with Gasteiger partial charge in [-0.15, -0.1) is 11.3 Å². The van der Waals surface area contributed by atoms with Crippen molar-refractivity contribution < 1.29 is 0 Å². The first-order valence-electron chi connectivity index (χ1n) is 5.64. The first-order chi connectivity index (χ1) is 8.34. The van der Waals surface area contributed by atoms with Crippen molar-refractivity contribution in [1.29, 1.82) is 0 Å². The third-order valence-electron chi connectivity index (χ3n) is 2.90. The maximum absolute atomic E-state index is 4.69. The van der Waals surface area contributed by atoms with Gasteiger partial charge >= 0.3 is 0 Å². The monoisotopic (exact) mass is 309 g/mol. The molecule has 5 heteroatoms. The fraction of sp³-hybridized carbons (Fsp3) is 0.333. The van der Waals surface area contributed by atoms with Gasteiger partial charge in [-0.25, -0.2) is 4.98 Å². The van der Waals surface area contributed by atoms with Crippen LogP contribution in [0.3, 0.4) is 0 Å². The molecule has 1 aliphatic rings. The number of pyridine rings is 1. The highest BCUT2D eigenvalue weighted by atomic mass is 79.9. The Morgan fingerprint density at radius 3 is 3.18 bits per heavy atom. The molecule has 3 rings (SSSR count). The van der Waals surface area contributed by atoms with E-state index in [0.29, 0.717) is 6.04 Å². The van der Waals surface area contributed by atoms with E-state index < -0.39 is 0 Å². The fourth-order valence-corrected chi connectivity index (χ4v) is 3.49. The van der Waals surface area contributed by atoms with Gasteiger partial charge in [0.2, 0.25) is 0 Å². The van der Waals surface area contributed by atoms with E-state index in [4.69, 9.17) is 0 Å². The van der Waals surface area contributed by atoms with Crippen LogP contribution in [0.1, 0.15) is 24.6 Å². The molecule has 1 unspecified atom stereocenters. The Morgan fingerprint density at radius 1 is 1.47 bits per heavy atom. The molecule has 0 bridgehead atoms. The van der Waals surface area contributed by atoms with Crippen molar-refractivity contribution in [3.8, 4) is 10.7 Å². The van der Waals surface area contributed by atoms with E-state index in [2.05, 4.69) is 36.6 Å². The van der Waals surface area contributed by atoms with Gasteiger partial charge in [-0.3, -0.25) is 4.98 Å². The number of thiazole rings is 1. The predicted octanol–water partition coefficient (Wildman–Crippen LogP) is 3.39. The Kier molecular flexibility index (Phi) is 3.22. The van der Waals surface area contributed by atoms with Gasteiger partial charge in [-0.05, 0) is 47.4 Å². The number of hydrogen-bond acceptors (Lipinski definition) is 4. The smallest absolute Gasteiger partial charge is 0.143 e. The molecule has 0 saturated carbocycles. The topological polar surface area (TPSA) is 37.8 Å². The van der Waals surface area contributed by atoms with Crippen molar-refractivity contribution in [3.63, 3.8) is 0 Å². The number of rotatable bonds is 2. The molecule has 2 aromatic heterocycles. The molecule has 0 spiro atoms. The van der Waals surface area contributed by atoms with Gasteiger partial charge in [-0.1, -0.05) is 0 Å². The van der Waals surface area contributed by atoms with E-state index in [-0.39, 0.29) is 0 Å². The van der Waals surface area contributed by atoms with Crippen LogP contribution in [0.5, 0.6) is 0 Å². The lowest BCUT2D eigenvalue weighted by molar-refractivity contribution is 0.632. The minimum absolute atomic E-state index is 0.433. The van der Waals surface area contributed by atoms with Crippen LogP contribution in [-0.4, -0.2) is 16.5 Å². The molecule has 1 atom stereocenters. The summed E-state index contributed by atoms with van der Waals surface area (Å²) in [6.45, 7) is 1.10. The summed E-state index contributed by atoms with van der Waals surface area (Å²) >= 11 is 5.17. The second-order valence-electron chi connectivity index (χ2n) is 4.06. The van der Waals surface area contributed by atoms with Gasteiger partial charge in [0.05, 0.1) is 11.7 Å². The fourth-order valence-electron chi connectivity index (χ4n) is 2.04. The van der Waals surface area contributed by atoms with E-state index in [9.17, 15) is 0 Å². The molecule has 88 valence electrons. The van der Waals surface area contributed by atoms with Crippen LogP contribution in [0.15, 0.2) is 28.2 Å². The molecule has 2 aromatic rings. The Morgan fingerprint density at radius 2 is 2.41 bits per heavy atom. The molecule has 1 aliphatic heterocycles. The average Bonchev–Trinajstić information content (AvgIpc) is 3.00. The van der Waals surface area contributed by atoms with Crippen LogP contribution in [0.4, 0.5) is 0 Å². The Hall–Kier alpha value is -0.780. The molecule has 1 saturated heterocycles. The van der Waals surface area contributed by atoms with Crippen LogP contribution in [-0.2, 0) is 0 Å². The van der Waals surface area contributed by atoms with Gasteiger partial charge in [0.15, 0.2) is 0 Å². The first kappa shape index (κ1) is 11.3. The van der Waals surface area contributed by atoms with Crippen LogP contribution in [0.2, 0.25) is 0 Å². The molecule has 0 aliphatic carbocycles. The molecule has 3 heterocycles. The molecular formula is C12H12BrN3S. The lowest BCUT2D eigenvalue weighted by atomic mass is 10.2. The van der Waals surface area contributed by atoms with Gasteiger partial charge in [0.25, 0.3) is 0 Å². The number of halogens is 1. The van der Waals surface area contributed by atoms with Crippen LogP contribution in [0, 0.1) is 0 Å². The number of aromatic nitrogens is 2. The van der Waals surface area contributed by atoms with Crippen LogP contribution in [0.25, 0.3) is 10.7 Å². The SMILES string of the molecule is Brc1cccnc1-c1nc(C2CCCN2)cs1. The third-order valence-corrected chi connectivity index (χ3v) is 4.41. The summed E-state index contributed by atoms with van der Waals surface area (Å²) in [5, 5.41) is 6.59. The molecule has 1 N–H and O–H groups in total. The summed E-state index contributed by atoms with van der Waals surface area (Å²) in [6, 6.07) is 4.35. The second-order valence-corrected chi connectivity index (χ2v) is 5.77. The second kappa shape index (κ2) is 4.84. The average molecular weight is 310 g/mol. The molecule has 1 fully saturated rings. The van der Waals surface area contributed by atoms with Crippen molar-refractivity contribution >= 4 is 27.3 Å². The van der Waals surface area contributed by atoms with Crippen molar-refractivity contribution in [3.05, 3.63) is 33.9 Å². The van der Waals surface area contributed by atoms with E-state index in [0.717, 1.165) is 27.4 Å². The van der Waals surface area contributed by atoms with Crippen molar-refractivity contribution in [2.45, 2.75) is 18.9 Å². The standard InChI is InChI=1S/C12H12BrN3S/c13-8-3-1-6-15-11(8)12-16-10(7-17-12)9-4-2-5-14-9/h1,3,6-7,9,14H,2,4-5H2. The Bertz CT molecular complexity index is 520. The lowest BCUT2D eigenvalue weighted by Crippen LogP contribution is -2.12. The molecule has 3 nitrogen and oxygen atoms in total. The zero-order chi connectivity index (χ0) is 11.7. The van der Waals surface area contributed by atoms with Gasteiger partial charge in [-0.2, -0.15) is 0 Å². The first-order valence-corrected chi connectivity index (χ1v) is 7.31. The largest absolute Gasteiger partial charge is 0.309 e. The Labute approximate surface area is 112 Å². The van der Waals surface area contributed by atoms with E-state index >= 15 is 0 Å². The number of nitrogens with zero attached hydrogens (tertiary/aromatic N) is 2. The maximum atomic E-state index is 4.69. The third kappa shape index (κ3) is 2.27. The van der Waals surface area contributed by atoms with Gasteiger partial charge < -0.3 is 5.32 Å². The van der Waals surface area contributed by atoms with Crippen molar-refractivity contribution in [2.24, 2.45) is 0 Å². The normalized spacial score (nSPS) is 19.7. The molecular weight excluding hydrogens is 298 g/mol. The highest BCUT2D eigenvalue weighted by Gasteiger charge is 2.19. The Balaban J connectivity index is 1.92. The summed E-state index contributed by atoms with van der Waals surface area (Å²) in [6.07, 6.45) is 4.23. The number of hydrogen-bond donors (Lipinski definition) is 1. The zero-order valence-corrected chi connectivity index (χ0v) is 11.6. The minimum Gasteiger partial charge on any atom is -0.309 e. The number of nitrogens with one attached hydrogen (secondary N) is 1. The highest BCUT2D eigenvalue weighted by molar-refractivity contribution is 9.10. The van der Waals surface area contributed by atoms with E-state index in [1.165, 1.54) is 12.8 Å². The van der Waals surface area contributed by atoms with Crippen LogP contribution >= 0.6 is 27.3 Å². The molecule has 0 aromatic carbocycles. The summed E-state index contributed by atoms with van der Waals surface area (Å²) in [5.74, 6) is 0. The van der Waals surface area contributed by atoms with Gasteiger partial charge in [0, 0.05) is 16.0 Å². The summed E-state index contributed by atoms with van der Waals surface area (Å²) in [5.41, 5.74) is 2.09.